The van der Waals surface area contributed by atoms with E-state index in [0.717, 1.165) is 0 Å². The van der Waals surface area contributed by atoms with E-state index in [1.54, 1.807) is 20.8 Å². The third-order valence-corrected chi connectivity index (χ3v) is 7.32. The molecule has 3 rings (SSSR count). The molecule has 5 nitrogen and oxygen atoms in total. The van der Waals surface area contributed by atoms with Crippen molar-refractivity contribution in [3.05, 3.63) is 39.3 Å². The molecule has 2 saturated carbocycles. The van der Waals surface area contributed by atoms with Crippen LogP contribution in [0.2, 0.25) is 0 Å². The third-order valence-electron chi connectivity index (χ3n) is 7.32. The number of Topliss-reactive ketones (excluding diaryl/α,β-unsaturated/α-hetero) is 2. The molecule has 1 aromatic rings. The van der Waals surface area contributed by atoms with Crippen LogP contribution in [0.4, 0.5) is 0 Å². The maximum atomic E-state index is 13.2. The van der Waals surface area contributed by atoms with Gasteiger partial charge in [0.1, 0.15) is 11.5 Å². The van der Waals surface area contributed by atoms with E-state index in [2.05, 4.69) is 6.58 Å². The number of hydrogen-bond acceptors (Lipinski definition) is 5. The summed E-state index contributed by atoms with van der Waals surface area (Å²) in [6, 6.07) is 0. The first-order chi connectivity index (χ1) is 12.5. The molecule has 1 aromatic heterocycles. The van der Waals surface area contributed by atoms with Crippen molar-refractivity contribution >= 4 is 11.6 Å². The average molecular weight is 372 g/mol. The molecule has 0 radical (unpaired) electrons. The van der Waals surface area contributed by atoms with E-state index in [0.29, 0.717) is 28.9 Å². The number of rotatable bonds is 5. The molecule has 2 aliphatic carbocycles. The molecule has 0 aromatic carbocycles. The zero-order valence-electron chi connectivity index (χ0n) is 17.2. The first kappa shape index (κ1) is 19.6. The zero-order chi connectivity index (χ0) is 20.5. The monoisotopic (exact) mass is 372 g/mol. The highest BCUT2D eigenvalue weighted by Gasteiger charge is 2.84. The molecule has 2 unspecified atom stereocenters. The summed E-state index contributed by atoms with van der Waals surface area (Å²) in [6.07, 6.45) is 0.364. The lowest BCUT2D eigenvalue weighted by molar-refractivity contribution is -0.126. The van der Waals surface area contributed by atoms with Gasteiger partial charge in [0.05, 0.1) is 12.7 Å². The summed E-state index contributed by atoms with van der Waals surface area (Å²) in [4.78, 5) is 38.2. The van der Waals surface area contributed by atoms with Gasteiger partial charge in [-0.15, -0.1) is 0 Å². The van der Waals surface area contributed by atoms with Gasteiger partial charge in [-0.1, -0.05) is 34.3 Å². The number of ketones is 2. The normalized spacial score (nSPS) is 34.3. The fourth-order valence-electron chi connectivity index (χ4n) is 5.60. The Hall–Kier alpha value is -2.17. The smallest absolute Gasteiger partial charge is 0.291 e. The number of carbonyl (C=O) groups excluding carboxylic acids is 2. The maximum absolute atomic E-state index is 13.2. The Morgan fingerprint density at radius 3 is 2.30 bits per heavy atom. The molecule has 27 heavy (non-hydrogen) atoms. The van der Waals surface area contributed by atoms with E-state index in [1.165, 1.54) is 7.11 Å². The van der Waals surface area contributed by atoms with Gasteiger partial charge in [0.25, 0.3) is 5.95 Å². The van der Waals surface area contributed by atoms with Crippen LogP contribution in [0.25, 0.3) is 0 Å². The van der Waals surface area contributed by atoms with Gasteiger partial charge in [-0.05, 0) is 25.3 Å². The molecule has 2 fully saturated rings. The number of hydrogen-bond donors (Lipinski definition) is 0. The largest absolute Gasteiger partial charge is 0.468 e. The van der Waals surface area contributed by atoms with E-state index in [4.69, 9.17) is 9.15 Å². The van der Waals surface area contributed by atoms with Crippen molar-refractivity contribution in [3.63, 3.8) is 0 Å². The van der Waals surface area contributed by atoms with Crippen LogP contribution < -0.4 is 10.2 Å². The zero-order valence-corrected chi connectivity index (χ0v) is 17.2. The quantitative estimate of drug-likeness (QED) is 0.739. The Bertz CT molecular complexity index is 923. The van der Waals surface area contributed by atoms with Gasteiger partial charge in [0.2, 0.25) is 0 Å². The van der Waals surface area contributed by atoms with E-state index >= 15 is 0 Å². The Balaban J connectivity index is 2.18. The summed E-state index contributed by atoms with van der Waals surface area (Å²) in [7, 11) is 1.46. The fourth-order valence-corrected chi connectivity index (χ4v) is 5.60. The summed E-state index contributed by atoms with van der Waals surface area (Å²) in [5.41, 5.74) is -0.0613. The van der Waals surface area contributed by atoms with Gasteiger partial charge >= 0.3 is 0 Å². The first-order valence-corrected chi connectivity index (χ1v) is 9.45. The van der Waals surface area contributed by atoms with Crippen molar-refractivity contribution in [2.75, 3.05) is 7.11 Å². The number of methoxy groups -OCH3 is 1. The van der Waals surface area contributed by atoms with Crippen molar-refractivity contribution in [3.8, 4) is 5.95 Å². The summed E-state index contributed by atoms with van der Waals surface area (Å²) in [6.45, 7) is 15.0. The standard InChI is InChI=1S/C22H28O5/c1-9-14(23)10(2)15-11(3)18(25)21(6)17(15)22(21,7)19-12(4)16(24)13(5)20(26-8)27-19/h11,15,17H,2,9H2,1,3-8H3/t11-,15+,17?,21-,22?/m1/s1. The molecular formula is C22H28O5. The lowest BCUT2D eigenvalue weighted by Crippen LogP contribution is -2.33. The summed E-state index contributed by atoms with van der Waals surface area (Å²) in [5.74, 6) is 0.127. The maximum Gasteiger partial charge on any atom is 0.291 e. The molecule has 146 valence electrons. The molecular weight excluding hydrogens is 344 g/mol. The van der Waals surface area contributed by atoms with E-state index in [-0.39, 0.29) is 40.7 Å². The average Bonchev–Trinajstić information content (AvgIpc) is 3.06. The van der Waals surface area contributed by atoms with Crippen LogP contribution in [0, 0.1) is 37.0 Å². The van der Waals surface area contributed by atoms with Crippen LogP contribution in [0.15, 0.2) is 21.4 Å². The Labute approximate surface area is 159 Å². The molecule has 1 heterocycles. The van der Waals surface area contributed by atoms with Gasteiger partial charge in [-0.2, -0.15) is 0 Å². The number of ether oxygens (including phenoxy) is 1. The first-order valence-electron chi connectivity index (χ1n) is 9.45. The molecule has 0 N–H and O–H groups in total. The van der Waals surface area contributed by atoms with Gasteiger partial charge < -0.3 is 9.15 Å². The van der Waals surface area contributed by atoms with Crippen LogP contribution in [0.5, 0.6) is 5.95 Å². The highest BCUT2D eigenvalue weighted by Crippen LogP contribution is 2.79. The summed E-state index contributed by atoms with van der Waals surface area (Å²) in [5, 5.41) is 0. The van der Waals surface area contributed by atoms with Crippen molar-refractivity contribution < 1.29 is 18.7 Å². The van der Waals surface area contributed by atoms with E-state index in [9.17, 15) is 14.4 Å². The minimum absolute atomic E-state index is 0.0159. The number of carbonyl (C=O) groups is 2. The predicted octanol–water partition coefficient (Wildman–Crippen LogP) is 3.53. The summed E-state index contributed by atoms with van der Waals surface area (Å²) < 4.78 is 11.3. The second kappa shape index (κ2) is 5.91. The molecule has 0 saturated heterocycles. The van der Waals surface area contributed by atoms with Crippen molar-refractivity contribution in [2.45, 2.75) is 53.4 Å². The molecule has 0 amide bonds. The molecule has 5 atom stereocenters. The predicted molar refractivity (Wildman–Crippen MR) is 102 cm³/mol. The molecule has 2 aliphatic rings. The number of allylic oxidation sites excluding steroid dienone is 1. The second-order valence-corrected chi connectivity index (χ2v) is 8.36. The van der Waals surface area contributed by atoms with Gasteiger partial charge in [-0.25, -0.2) is 0 Å². The second-order valence-electron chi connectivity index (χ2n) is 8.36. The molecule has 0 aliphatic heterocycles. The van der Waals surface area contributed by atoms with Gasteiger partial charge in [0.15, 0.2) is 11.2 Å². The van der Waals surface area contributed by atoms with Crippen LogP contribution in [-0.4, -0.2) is 18.7 Å². The highest BCUT2D eigenvalue weighted by molar-refractivity contribution is 6.02. The Kier molecular flexibility index (Phi) is 4.29. The topological polar surface area (TPSA) is 73.6 Å². The van der Waals surface area contributed by atoms with Crippen molar-refractivity contribution in [1.29, 1.82) is 0 Å². The van der Waals surface area contributed by atoms with Gasteiger partial charge in [0, 0.05) is 34.7 Å². The SMILES string of the molecule is C=C(C(=O)CC)[C@@H]1C2C(C)(c3oc(OC)c(C)c(=O)c3C)[C@@]2(C)C(=O)[C@@H]1C. The van der Waals surface area contributed by atoms with Gasteiger partial charge in [-0.3, -0.25) is 14.4 Å². The van der Waals surface area contributed by atoms with Crippen molar-refractivity contribution in [2.24, 2.45) is 23.2 Å². The minimum atomic E-state index is -0.686. The Morgan fingerprint density at radius 1 is 1.19 bits per heavy atom. The third kappa shape index (κ3) is 2.14. The van der Waals surface area contributed by atoms with E-state index in [1.807, 2.05) is 20.8 Å². The Morgan fingerprint density at radius 2 is 1.78 bits per heavy atom. The minimum Gasteiger partial charge on any atom is -0.468 e. The number of fused-ring (bicyclic) bond motifs is 1. The molecule has 0 spiro atoms. The molecule has 5 heteroatoms. The highest BCUT2D eigenvalue weighted by atomic mass is 16.6. The lowest BCUT2D eigenvalue weighted by Gasteiger charge is -2.27. The molecule has 0 bridgehead atoms. The van der Waals surface area contributed by atoms with Crippen molar-refractivity contribution in [1.82, 2.24) is 0 Å². The van der Waals surface area contributed by atoms with E-state index < -0.39 is 10.8 Å². The van der Waals surface area contributed by atoms with Crippen LogP contribution in [0.3, 0.4) is 0 Å². The van der Waals surface area contributed by atoms with Crippen LogP contribution in [-0.2, 0) is 15.0 Å². The summed E-state index contributed by atoms with van der Waals surface area (Å²) >= 11 is 0. The van der Waals surface area contributed by atoms with Crippen LogP contribution in [0.1, 0.15) is 51.0 Å². The fraction of sp³-hybridized carbons (Fsp3) is 0.591. The van der Waals surface area contributed by atoms with Crippen LogP contribution >= 0.6 is 0 Å². The lowest BCUT2D eigenvalue weighted by atomic mass is 9.75.